The van der Waals surface area contributed by atoms with Crippen molar-refractivity contribution in [2.24, 2.45) is 0 Å². The smallest absolute Gasteiger partial charge is 0.243 e. The maximum Gasteiger partial charge on any atom is 0.243 e. The van der Waals surface area contributed by atoms with Gasteiger partial charge in [0.1, 0.15) is 0 Å². The predicted octanol–water partition coefficient (Wildman–Crippen LogP) is 3.59. The molecule has 0 bridgehead atoms. The largest absolute Gasteiger partial charge is 0.378 e. The van der Waals surface area contributed by atoms with Gasteiger partial charge in [-0.2, -0.15) is 4.31 Å². The first-order valence-electron chi connectivity index (χ1n) is 8.25. The summed E-state index contributed by atoms with van der Waals surface area (Å²) in [6, 6.07) is 15.2. The van der Waals surface area contributed by atoms with Crippen molar-refractivity contribution < 1.29 is 8.42 Å². The van der Waals surface area contributed by atoms with E-state index < -0.39 is 10.0 Å². The number of nitrogens with zero attached hydrogens (tertiary/aromatic N) is 2. The minimum Gasteiger partial charge on any atom is -0.378 e. The Morgan fingerprint density at radius 2 is 1.62 bits per heavy atom. The number of hydrogen-bond acceptors (Lipinski definition) is 3. The van der Waals surface area contributed by atoms with Gasteiger partial charge in [0.05, 0.1) is 10.9 Å². The summed E-state index contributed by atoms with van der Waals surface area (Å²) in [5, 5.41) is 0. The Labute approximate surface area is 144 Å². The van der Waals surface area contributed by atoms with Crippen LogP contribution in [-0.4, -0.2) is 33.4 Å². The first-order valence-corrected chi connectivity index (χ1v) is 9.69. The number of aryl methyl sites for hydroxylation is 1. The van der Waals surface area contributed by atoms with E-state index in [1.807, 2.05) is 62.3 Å². The van der Waals surface area contributed by atoms with Crippen LogP contribution in [0.25, 0.3) is 0 Å². The van der Waals surface area contributed by atoms with Crippen molar-refractivity contribution in [1.82, 2.24) is 4.31 Å². The molecule has 1 saturated heterocycles. The maximum absolute atomic E-state index is 13.0. The highest BCUT2D eigenvalue weighted by Gasteiger charge is 2.36. The van der Waals surface area contributed by atoms with Gasteiger partial charge in [-0.05, 0) is 49.6 Å². The van der Waals surface area contributed by atoms with Gasteiger partial charge in [-0.1, -0.05) is 29.8 Å². The molecular formula is C19H24N2O2S. The number of benzene rings is 2. The van der Waals surface area contributed by atoms with E-state index in [4.69, 9.17) is 0 Å². The zero-order valence-corrected chi connectivity index (χ0v) is 15.3. The van der Waals surface area contributed by atoms with Crippen LogP contribution in [0.2, 0.25) is 0 Å². The van der Waals surface area contributed by atoms with E-state index in [2.05, 4.69) is 0 Å². The van der Waals surface area contributed by atoms with Gasteiger partial charge in [-0.15, -0.1) is 0 Å². The Bertz CT molecular complexity index is 796. The number of anilines is 1. The van der Waals surface area contributed by atoms with Crippen molar-refractivity contribution in [3.63, 3.8) is 0 Å². The predicted molar refractivity (Wildman–Crippen MR) is 97.8 cm³/mol. The van der Waals surface area contributed by atoms with Crippen molar-refractivity contribution in [2.75, 3.05) is 25.5 Å². The van der Waals surface area contributed by atoms with Gasteiger partial charge in [-0.3, -0.25) is 0 Å². The summed E-state index contributed by atoms with van der Waals surface area (Å²) in [5.41, 5.74) is 3.24. The van der Waals surface area contributed by atoms with Gasteiger partial charge in [0.2, 0.25) is 10.0 Å². The molecular weight excluding hydrogens is 320 g/mol. The van der Waals surface area contributed by atoms with Crippen molar-refractivity contribution in [3.8, 4) is 0 Å². The van der Waals surface area contributed by atoms with Crippen molar-refractivity contribution in [1.29, 1.82) is 0 Å². The molecule has 0 radical (unpaired) electrons. The van der Waals surface area contributed by atoms with Gasteiger partial charge in [0, 0.05) is 26.3 Å². The molecule has 0 aliphatic carbocycles. The fourth-order valence-corrected chi connectivity index (χ4v) is 4.88. The summed E-state index contributed by atoms with van der Waals surface area (Å²) in [6.45, 7) is 2.54. The van der Waals surface area contributed by atoms with Crippen LogP contribution in [-0.2, 0) is 10.0 Å². The SMILES string of the molecule is Cc1ccc(S(=O)(=O)N2CCCC2c2ccc(N(C)C)cc2)cc1. The van der Waals surface area contributed by atoms with Gasteiger partial charge in [0.15, 0.2) is 0 Å². The molecule has 1 atom stereocenters. The summed E-state index contributed by atoms with van der Waals surface area (Å²) < 4.78 is 27.7. The van der Waals surface area contributed by atoms with Crippen LogP contribution in [0.15, 0.2) is 53.4 Å². The molecule has 24 heavy (non-hydrogen) atoms. The highest BCUT2D eigenvalue weighted by atomic mass is 32.2. The summed E-state index contributed by atoms with van der Waals surface area (Å²) in [4.78, 5) is 2.42. The molecule has 1 aliphatic rings. The fourth-order valence-electron chi connectivity index (χ4n) is 3.20. The highest BCUT2D eigenvalue weighted by Crippen LogP contribution is 2.37. The van der Waals surface area contributed by atoms with Crippen LogP contribution in [0.5, 0.6) is 0 Å². The van der Waals surface area contributed by atoms with E-state index in [1.54, 1.807) is 16.4 Å². The average Bonchev–Trinajstić information content (AvgIpc) is 3.06. The second kappa shape index (κ2) is 6.57. The molecule has 2 aromatic rings. The second-order valence-corrected chi connectivity index (χ2v) is 8.46. The molecule has 0 spiro atoms. The third-order valence-corrected chi connectivity index (χ3v) is 6.55. The lowest BCUT2D eigenvalue weighted by molar-refractivity contribution is 0.396. The lowest BCUT2D eigenvalue weighted by Crippen LogP contribution is -2.30. The molecule has 0 N–H and O–H groups in total. The third kappa shape index (κ3) is 3.19. The van der Waals surface area contributed by atoms with E-state index in [0.717, 1.165) is 29.7 Å². The van der Waals surface area contributed by atoms with Crippen molar-refractivity contribution >= 4 is 15.7 Å². The van der Waals surface area contributed by atoms with Crippen molar-refractivity contribution in [2.45, 2.75) is 30.7 Å². The highest BCUT2D eigenvalue weighted by molar-refractivity contribution is 7.89. The minimum atomic E-state index is -3.46. The van der Waals surface area contributed by atoms with Crippen LogP contribution >= 0.6 is 0 Å². The van der Waals surface area contributed by atoms with Gasteiger partial charge in [-0.25, -0.2) is 8.42 Å². The average molecular weight is 344 g/mol. The maximum atomic E-state index is 13.0. The topological polar surface area (TPSA) is 40.6 Å². The van der Waals surface area contributed by atoms with E-state index in [1.165, 1.54) is 0 Å². The summed E-state index contributed by atoms with van der Waals surface area (Å²) in [6.07, 6.45) is 1.76. The molecule has 4 nitrogen and oxygen atoms in total. The van der Waals surface area contributed by atoms with E-state index >= 15 is 0 Å². The van der Waals surface area contributed by atoms with Gasteiger partial charge in [0.25, 0.3) is 0 Å². The summed E-state index contributed by atoms with van der Waals surface area (Å²) >= 11 is 0. The van der Waals surface area contributed by atoms with Crippen LogP contribution in [0.3, 0.4) is 0 Å². The van der Waals surface area contributed by atoms with Crippen molar-refractivity contribution in [3.05, 3.63) is 59.7 Å². The van der Waals surface area contributed by atoms with Crippen LogP contribution in [0.1, 0.15) is 30.0 Å². The normalized spacial score (nSPS) is 18.7. The molecule has 0 aromatic heterocycles. The molecule has 0 amide bonds. The summed E-state index contributed by atoms with van der Waals surface area (Å²) in [7, 11) is 0.541. The van der Waals surface area contributed by atoms with Gasteiger partial charge >= 0.3 is 0 Å². The zero-order chi connectivity index (χ0) is 17.3. The third-order valence-electron chi connectivity index (χ3n) is 4.63. The van der Waals surface area contributed by atoms with E-state index in [-0.39, 0.29) is 6.04 Å². The Hall–Kier alpha value is -1.85. The molecule has 1 unspecified atom stereocenters. The fraction of sp³-hybridized carbons (Fsp3) is 0.368. The molecule has 2 aromatic carbocycles. The molecule has 1 aliphatic heterocycles. The summed E-state index contributed by atoms with van der Waals surface area (Å²) in [5.74, 6) is 0. The molecule has 5 heteroatoms. The second-order valence-electron chi connectivity index (χ2n) is 6.57. The Kier molecular flexibility index (Phi) is 4.65. The lowest BCUT2D eigenvalue weighted by Gasteiger charge is -2.25. The van der Waals surface area contributed by atoms with Gasteiger partial charge < -0.3 is 4.90 Å². The molecule has 0 saturated carbocycles. The number of rotatable bonds is 4. The Morgan fingerprint density at radius 3 is 2.21 bits per heavy atom. The molecule has 1 heterocycles. The monoisotopic (exact) mass is 344 g/mol. The van der Waals surface area contributed by atoms with Crippen LogP contribution < -0.4 is 4.90 Å². The van der Waals surface area contributed by atoms with Crippen LogP contribution in [0, 0.1) is 6.92 Å². The van der Waals surface area contributed by atoms with Crippen LogP contribution in [0.4, 0.5) is 5.69 Å². The first kappa shape index (κ1) is 17.0. The Balaban J connectivity index is 1.91. The Morgan fingerprint density at radius 1 is 1.00 bits per heavy atom. The quantitative estimate of drug-likeness (QED) is 0.851. The number of hydrogen-bond donors (Lipinski definition) is 0. The zero-order valence-electron chi connectivity index (χ0n) is 14.4. The number of sulfonamides is 1. The molecule has 128 valence electrons. The molecule has 3 rings (SSSR count). The lowest BCUT2D eigenvalue weighted by atomic mass is 10.1. The molecule has 1 fully saturated rings. The van der Waals surface area contributed by atoms with E-state index in [9.17, 15) is 8.42 Å². The minimum absolute atomic E-state index is 0.0764. The van der Waals surface area contributed by atoms with E-state index in [0.29, 0.717) is 11.4 Å². The standard InChI is InChI=1S/C19H24N2O2S/c1-15-6-12-18(13-7-15)24(22,23)21-14-4-5-19(21)16-8-10-17(11-9-16)20(2)3/h6-13,19H,4-5,14H2,1-3H3. The first-order chi connectivity index (χ1) is 11.4.